The smallest absolute Gasteiger partial charge is 0.141 e. The fourth-order valence-electron chi connectivity index (χ4n) is 2.82. The molecule has 0 aliphatic heterocycles. The van der Waals surface area contributed by atoms with Crippen LogP contribution in [-0.4, -0.2) is 9.55 Å². The van der Waals surface area contributed by atoms with Gasteiger partial charge in [0.15, 0.2) is 0 Å². The number of imidazole rings is 1. The van der Waals surface area contributed by atoms with E-state index in [-0.39, 0.29) is 0 Å². The molecule has 0 atom stereocenters. The largest absolute Gasteiger partial charge is 0.398 e. The summed E-state index contributed by atoms with van der Waals surface area (Å²) in [5, 5.41) is 0. The molecule has 0 unspecified atom stereocenters. The van der Waals surface area contributed by atoms with E-state index < -0.39 is 0 Å². The number of anilines is 1. The van der Waals surface area contributed by atoms with Gasteiger partial charge in [-0.1, -0.05) is 44.0 Å². The summed E-state index contributed by atoms with van der Waals surface area (Å²) in [4.78, 5) is 4.84. The third-order valence-corrected chi connectivity index (χ3v) is 4.18. The zero-order valence-electron chi connectivity index (χ0n) is 13.3. The molecule has 0 spiro atoms. The van der Waals surface area contributed by atoms with E-state index in [2.05, 4.69) is 41.8 Å². The maximum atomic E-state index is 6.09. The van der Waals surface area contributed by atoms with Gasteiger partial charge in [0.25, 0.3) is 0 Å². The Morgan fingerprint density at radius 2 is 1.91 bits per heavy atom. The highest BCUT2D eigenvalue weighted by Gasteiger charge is 2.12. The molecular weight excluding hydrogens is 270 g/mol. The number of unbranched alkanes of at least 4 members (excludes halogenated alkanes) is 2. The van der Waals surface area contributed by atoms with Gasteiger partial charge in [0.1, 0.15) is 5.82 Å². The molecule has 0 radical (unpaired) electrons. The monoisotopic (exact) mass is 293 g/mol. The van der Waals surface area contributed by atoms with E-state index in [0.717, 1.165) is 34.7 Å². The van der Waals surface area contributed by atoms with Gasteiger partial charge in [-0.05, 0) is 37.1 Å². The third-order valence-electron chi connectivity index (χ3n) is 4.18. The second-order valence-electron chi connectivity index (χ2n) is 5.85. The van der Waals surface area contributed by atoms with Gasteiger partial charge < -0.3 is 10.3 Å². The molecule has 0 bridgehead atoms. The zero-order valence-corrected chi connectivity index (χ0v) is 13.3. The minimum absolute atomic E-state index is 0.824. The number of aryl methyl sites for hydroxylation is 2. The number of fused-ring (bicyclic) bond motifs is 1. The minimum Gasteiger partial charge on any atom is -0.398 e. The molecule has 0 saturated carbocycles. The predicted octanol–water partition coefficient (Wildman–Crippen LogP) is 4.78. The quantitative estimate of drug-likeness (QED) is 0.543. The van der Waals surface area contributed by atoms with Gasteiger partial charge in [-0.15, -0.1) is 0 Å². The number of nitrogens with zero attached hydrogens (tertiary/aromatic N) is 2. The molecule has 2 aromatic carbocycles. The summed E-state index contributed by atoms with van der Waals surface area (Å²) in [6.07, 6.45) is 3.63. The molecule has 1 heterocycles. The Balaban J connectivity index is 2.10. The van der Waals surface area contributed by atoms with Crippen molar-refractivity contribution < 1.29 is 0 Å². The molecule has 3 aromatic rings. The molecule has 22 heavy (non-hydrogen) atoms. The van der Waals surface area contributed by atoms with Crippen LogP contribution in [0.1, 0.15) is 31.7 Å². The molecule has 2 N–H and O–H groups in total. The number of aromatic nitrogens is 2. The lowest BCUT2D eigenvalue weighted by Crippen LogP contribution is -2.01. The van der Waals surface area contributed by atoms with Crippen molar-refractivity contribution in [1.29, 1.82) is 0 Å². The summed E-state index contributed by atoms with van der Waals surface area (Å²) in [5.41, 5.74) is 11.4. The van der Waals surface area contributed by atoms with Crippen LogP contribution in [0.25, 0.3) is 22.4 Å². The van der Waals surface area contributed by atoms with Crippen LogP contribution < -0.4 is 5.73 Å². The molecule has 0 saturated heterocycles. The molecule has 0 aliphatic carbocycles. The standard InChI is InChI=1S/C19H23N3/c1-3-4-7-12-22-18-9-6-5-8-17(18)21-19(22)15-11-10-14(2)16(20)13-15/h5-6,8-11,13H,3-4,7,12,20H2,1-2H3. The fourth-order valence-corrected chi connectivity index (χ4v) is 2.82. The van der Waals surface area contributed by atoms with Gasteiger partial charge in [-0.2, -0.15) is 0 Å². The molecule has 3 heteroatoms. The van der Waals surface area contributed by atoms with Crippen LogP contribution in [0, 0.1) is 6.92 Å². The average molecular weight is 293 g/mol. The first-order chi connectivity index (χ1) is 10.7. The van der Waals surface area contributed by atoms with Crippen LogP contribution in [0.3, 0.4) is 0 Å². The summed E-state index contributed by atoms with van der Waals surface area (Å²) in [6.45, 7) is 5.26. The molecule has 3 rings (SSSR count). The molecule has 0 aliphatic rings. The van der Waals surface area contributed by atoms with Crippen molar-refractivity contribution in [2.75, 3.05) is 5.73 Å². The molecular formula is C19H23N3. The molecule has 114 valence electrons. The van der Waals surface area contributed by atoms with Gasteiger partial charge in [0, 0.05) is 17.8 Å². The van der Waals surface area contributed by atoms with E-state index in [9.17, 15) is 0 Å². The first-order valence-corrected chi connectivity index (χ1v) is 8.02. The number of nitrogen functional groups attached to an aromatic ring is 1. The lowest BCUT2D eigenvalue weighted by Gasteiger charge is -2.10. The van der Waals surface area contributed by atoms with Gasteiger partial charge in [0.05, 0.1) is 11.0 Å². The Morgan fingerprint density at radius 3 is 2.68 bits per heavy atom. The van der Waals surface area contributed by atoms with E-state index in [1.54, 1.807) is 0 Å². The maximum Gasteiger partial charge on any atom is 0.141 e. The van der Waals surface area contributed by atoms with E-state index in [1.807, 2.05) is 19.1 Å². The lowest BCUT2D eigenvalue weighted by molar-refractivity contribution is 0.617. The average Bonchev–Trinajstić information content (AvgIpc) is 2.89. The van der Waals surface area contributed by atoms with Crippen molar-refractivity contribution in [3.63, 3.8) is 0 Å². The molecule has 0 amide bonds. The predicted molar refractivity (Wildman–Crippen MR) is 93.8 cm³/mol. The van der Waals surface area contributed by atoms with Crippen molar-refractivity contribution in [3.8, 4) is 11.4 Å². The van der Waals surface area contributed by atoms with Crippen molar-refractivity contribution >= 4 is 16.7 Å². The Morgan fingerprint density at radius 1 is 1.09 bits per heavy atom. The molecule has 3 nitrogen and oxygen atoms in total. The van der Waals surface area contributed by atoms with Gasteiger partial charge in [-0.25, -0.2) is 4.98 Å². The van der Waals surface area contributed by atoms with E-state index in [4.69, 9.17) is 10.7 Å². The molecule has 0 fully saturated rings. The Labute approximate surface area is 131 Å². The summed E-state index contributed by atoms with van der Waals surface area (Å²) in [7, 11) is 0. The highest BCUT2D eigenvalue weighted by molar-refractivity contribution is 5.81. The summed E-state index contributed by atoms with van der Waals surface area (Å²) in [6, 6.07) is 14.6. The number of hydrogen-bond acceptors (Lipinski definition) is 2. The normalized spacial score (nSPS) is 11.2. The Bertz CT molecular complexity index is 786. The van der Waals surface area contributed by atoms with E-state index in [0.29, 0.717) is 0 Å². The maximum absolute atomic E-state index is 6.09. The topological polar surface area (TPSA) is 43.8 Å². The van der Waals surface area contributed by atoms with Gasteiger partial charge in [0.2, 0.25) is 0 Å². The van der Waals surface area contributed by atoms with Crippen LogP contribution in [0.15, 0.2) is 42.5 Å². The number of hydrogen-bond donors (Lipinski definition) is 1. The van der Waals surface area contributed by atoms with Crippen LogP contribution in [-0.2, 0) is 6.54 Å². The number of benzene rings is 2. The van der Waals surface area contributed by atoms with Crippen LogP contribution in [0.4, 0.5) is 5.69 Å². The highest BCUT2D eigenvalue weighted by Crippen LogP contribution is 2.27. The zero-order chi connectivity index (χ0) is 15.5. The number of para-hydroxylation sites is 2. The second-order valence-corrected chi connectivity index (χ2v) is 5.85. The lowest BCUT2D eigenvalue weighted by atomic mass is 10.1. The highest BCUT2D eigenvalue weighted by atomic mass is 15.1. The Kier molecular flexibility index (Phi) is 4.14. The second kappa shape index (κ2) is 6.22. The SMILES string of the molecule is CCCCCn1c(-c2ccc(C)c(N)c2)nc2ccccc21. The van der Waals surface area contributed by atoms with Crippen LogP contribution >= 0.6 is 0 Å². The van der Waals surface area contributed by atoms with Crippen molar-refractivity contribution in [1.82, 2.24) is 9.55 Å². The van der Waals surface area contributed by atoms with Crippen LogP contribution in [0.5, 0.6) is 0 Å². The molecule has 1 aromatic heterocycles. The van der Waals surface area contributed by atoms with E-state index >= 15 is 0 Å². The van der Waals surface area contributed by atoms with Gasteiger partial charge in [-0.3, -0.25) is 0 Å². The van der Waals surface area contributed by atoms with Crippen molar-refractivity contribution in [3.05, 3.63) is 48.0 Å². The summed E-state index contributed by atoms with van der Waals surface area (Å²) < 4.78 is 2.33. The summed E-state index contributed by atoms with van der Waals surface area (Å²) in [5.74, 6) is 1.02. The number of rotatable bonds is 5. The van der Waals surface area contributed by atoms with Crippen molar-refractivity contribution in [2.45, 2.75) is 39.7 Å². The first-order valence-electron chi connectivity index (χ1n) is 8.02. The van der Waals surface area contributed by atoms with E-state index in [1.165, 1.54) is 24.8 Å². The summed E-state index contributed by atoms with van der Waals surface area (Å²) >= 11 is 0. The van der Waals surface area contributed by atoms with Gasteiger partial charge >= 0.3 is 0 Å². The Hall–Kier alpha value is -2.29. The minimum atomic E-state index is 0.824. The number of nitrogens with two attached hydrogens (primary N) is 1. The van der Waals surface area contributed by atoms with Crippen molar-refractivity contribution in [2.24, 2.45) is 0 Å². The third kappa shape index (κ3) is 2.71. The van der Waals surface area contributed by atoms with Crippen LogP contribution in [0.2, 0.25) is 0 Å². The fraction of sp³-hybridized carbons (Fsp3) is 0.316. The first kappa shape index (κ1) is 14.6.